The van der Waals surface area contributed by atoms with Gasteiger partial charge in [-0.3, -0.25) is 9.59 Å². The van der Waals surface area contributed by atoms with Gasteiger partial charge in [0.2, 0.25) is 0 Å². The molecular weight excluding hydrogens is 293 g/mol. The largest absolute Gasteiger partial charge is 0.289 e. The van der Waals surface area contributed by atoms with Gasteiger partial charge in [-0.2, -0.15) is 5.26 Å². The van der Waals surface area contributed by atoms with E-state index in [1.165, 1.54) is 12.1 Å². The van der Waals surface area contributed by atoms with Gasteiger partial charge in [0.05, 0.1) is 11.6 Å². The monoisotopic (exact) mass is 305 g/mol. The van der Waals surface area contributed by atoms with Crippen molar-refractivity contribution in [2.45, 2.75) is 13.3 Å². The molecule has 0 saturated heterocycles. The highest BCUT2D eigenvalue weighted by molar-refractivity contribution is 6.26. The second-order valence-corrected chi connectivity index (χ2v) is 5.44. The number of halogens is 1. The fourth-order valence-corrected chi connectivity index (χ4v) is 2.69. The van der Waals surface area contributed by atoms with E-state index >= 15 is 0 Å². The van der Waals surface area contributed by atoms with E-state index in [0.717, 1.165) is 11.6 Å². The van der Waals surface area contributed by atoms with Gasteiger partial charge >= 0.3 is 0 Å². The van der Waals surface area contributed by atoms with Crippen LogP contribution in [0.1, 0.15) is 38.8 Å². The van der Waals surface area contributed by atoms with E-state index in [9.17, 15) is 14.0 Å². The molecule has 112 valence electrons. The summed E-state index contributed by atoms with van der Waals surface area (Å²) in [6.07, 6.45) is 0.276. The maximum absolute atomic E-state index is 13.4. The molecule has 2 aromatic carbocycles. The van der Waals surface area contributed by atoms with Gasteiger partial charge in [0.25, 0.3) is 0 Å². The van der Waals surface area contributed by atoms with Crippen LogP contribution in [0, 0.1) is 17.1 Å². The Morgan fingerprint density at radius 2 is 1.70 bits per heavy atom. The molecule has 0 fully saturated rings. The van der Waals surface area contributed by atoms with Crippen LogP contribution in [0.5, 0.6) is 0 Å². The normalized spacial score (nSPS) is 13.8. The number of nitriles is 1. The van der Waals surface area contributed by atoms with Crippen molar-refractivity contribution in [2.75, 3.05) is 0 Å². The van der Waals surface area contributed by atoms with Crippen molar-refractivity contribution in [3.8, 4) is 6.07 Å². The van der Waals surface area contributed by atoms with Gasteiger partial charge in [-0.1, -0.05) is 12.1 Å². The lowest BCUT2D eigenvalue weighted by Crippen LogP contribution is -2.22. The number of ketones is 2. The van der Waals surface area contributed by atoms with Crippen LogP contribution in [0.25, 0.3) is 0 Å². The summed E-state index contributed by atoms with van der Waals surface area (Å²) >= 11 is 0. The van der Waals surface area contributed by atoms with Crippen LogP contribution < -0.4 is 0 Å². The molecule has 1 aliphatic rings. The van der Waals surface area contributed by atoms with Gasteiger partial charge in [-0.05, 0) is 42.8 Å². The number of fused-ring (bicyclic) bond motifs is 1. The fourth-order valence-electron chi connectivity index (χ4n) is 2.69. The topological polar surface area (TPSA) is 57.9 Å². The fraction of sp³-hybridized carbons (Fsp3) is 0.105. The SMILES string of the molecule is CC1=C(Cc2ccc(C#N)cc2)C(=O)c2cc(F)ccc2C1=O. The molecule has 0 bridgehead atoms. The van der Waals surface area contributed by atoms with Crippen molar-refractivity contribution in [2.24, 2.45) is 0 Å². The van der Waals surface area contributed by atoms with Gasteiger partial charge in [0, 0.05) is 28.7 Å². The minimum absolute atomic E-state index is 0.115. The maximum Gasteiger partial charge on any atom is 0.190 e. The van der Waals surface area contributed by atoms with Crippen LogP contribution in [0.15, 0.2) is 53.6 Å². The van der Waals surface area contributed by atoms with E-state index in [0.29, 0.717) is 16.7 Å². The molecule has 3 rings (SSSR count). The first-order valence-corrected chi connectivity index (χ1v) is 7.09. The summed E-state index contributed by atoms with van der Waals surface area (Å²) in [4.78, 5) is 25.0. The first kappa shape index (κ1) is 14.9. The van der Waals surface area contributed by atoms with Gasteiger partial charge in [0.1, 0.15) is 5.82 Å². The average Bonchev–Trinajstić information content (AvgIpc) is 2.57. The van der Waals surface area contributed by atoms with Crippen molar-refractivity contribution in [1.82, 2.24) is 0 Å². The predicted octanol–water partition coefficient (Wildman–Crippen LogP) is 3.64. The Morgan fingerprint density at radius 1 is 1.00 bits per heavy atom. The lowest BCUT2D eigenvalue weighted by atomic mass is 9.82. The van der Waals surface area contributed by atoms with Crippen molar-refractivity contribution >= 4 is 11.6 Å². The van der Waals surface area contributed by atoms with Gasteiger partial charge < -0.3 is 0 Å². The highest BCUT2D eigenvalue weighted by Crippen LogP contribution is 2.28. The third-order valence-corrected chi connectivity index (χ3v) is 4.00. The number of benzene rings is 2. The Balaban J connectivity index is 2.01. The zero-order valence-corrected chi connectivity index (χ0v) is 12.4. The van der Waals surface area contributed by atoms with Crippen LogP contribution in [0.4, 0.5) is 4.39 Å². The molecule has 3 nitrogen and oxygen atoms in total. The number of nitrogens with zero attached hydrogens (tertiary/aromatic N) is 1. The molecule has 0 N–H and O–H groups in total. The van der Waals surface area contributed by atoms with Crippen LogP contribution in [-0.4, -0.2) is 11.6 Å². The Morgan fingerprint density at radius 3 is 2.35 bits per heavy atom. The Labute approximate surface area is 132 Å². The number of allylic oxidation sites excluding steroid dienone is 2. The summed E-state index contributed by atoms with van der Waals surface area (Å²) in [5.41, 5.74) is 2.47. The molecule has 0 amide bonds. The van der Waals surface area contributed by atoms with Gasteiger partial charge in [-0.25, -0.2) is 4.39 Å². The average molecular weight is 305 g/mol. The second kappa shape index (κ2) is 5.62. The van der Waals surface area contributed by atoms with Crippen LogP contribution >= 0.6 is 0 Å². The Bertz CT molecular complexity index is 902. The standard InChI is InChI=1S/C19H12FNO2/c1-11-16(8-12-2-4-13(10-21)5-3-12)19(23)17-9-14(20)6-7-15(17)18(11)22/h2-7,9H,8H2,1H3. The van der Waals surface area contributed by atoms with Crippen molar-refractivity contribution in [3.05, 3.63) is 81.7 Å². The minimum atomic E-state index is -0.540. The number of hydrogen-bond donors (Lipinski definition) is 0. The first-order chi connectivity index (χ1) is 11.0. The molecule has 2 aromatic rings. The lowest BCUT2D eigenvalue weighted by molar-refractivity contribution is 0.0972. The Kier molecular flexibility index (Phi) is 3.63. The number of hydrogen-bond acceptors (Lipinski definition) is 3. The van der Waals surface area contributed by atoms with Crippen molar-refractivity contribution < 1.29 is 14.0 Å². The summed E-state index contributed by atoms with van der Waals surface area (Å²) in [5.74, 6) is -1.11. The maximum atomic E-state index is 13.4. The molecule has 0 atom stereocenters. The van der Waals surface area contributed by atoms with E-state index in [-0.39, 0.29) is 29.1 Å². The van der Waals surface area contributed by atoms with Crippen LogP contribution in [-0.2, 0) is 6.42 Å². The molecular formula is C19H12FNO2. The third kappa shape index (κ3) is 2.58. The molecule has 0 aliphatic heterocycles. The van der Waals surface area contributed by atoms with Crippen LogP contribution in [0.3, 0.4) is 0 Å². The van der Waals surface area contributed by atoms with Crippen LogP contribution in [0.2, 0.25) is 0 Å². The smallest absolute Gasteiger partial charge is 0.190 e. The number of Topliss-reactive ketones (excluding diaryl/α,β-unsaturated/α-hetero) is 2. The summed E-state index contributed by atoms with van der Waals surface area (Å²) in [5, 5.41) is 8.81. The predicted molar refractivity (Wildman–Crippen MR) is 82.6 cm³/mol. The Hall–Kier alpha value is -3.06. The third-order valence-electron chi connectivity index (χ3n) is 4.00. The van der Waals surface area contributed by atoms with E-state index in [4.69, 9.17) is 5.26 Å². The summed E-state index contributed by atoms with van der Waals surface area (Å²) in [6.45, 7) is 1.62. The second-order valence-electron chi connectivity index (χ2n) is 5.44. The number of rotatable bonds is 2. The highest BCUT2D eigenvalue weighted by Gasteiger charge is 2.30. The quantitative estimate of drug-likeness (QED) is 0.851. The number of carbonyl (C=O) groups is 2. The number of carbonyl (C=O) groups excluding carboxylic acids is 2. The van der Waals surface area contributed by atoms with Gasteiger partial charge in [-0.15, -0.1) is 0 Å². The molecule has 4 heteroatoms. The highest BCUT2D eigenvalue weighted by atomic mass is 19.1. The van der Waals surface area contributed by atoms with Crippen molar-refractivity contribution in [3.63, 3.8) is 0 Å². The summed E-state index contributed by atoms with van der Waals surface area (Å²) in [6, 6.07) is 12.5. The molecule has 0 aromatic heterocycles. The van der Waals surface area contributed by atoms with E-state index < -0.39 is 5.82 Å². The summed E-state index contributed by atoms with van der Waals surface area (Å²) in [7, 11) is 0. The van der Waals surface area contributed by atoms with E-state index in [1.54, 1.807) is 31.2 Å². The van der Waals surface area contributed by atoms with Gasteiger partial charge in [0.15, 0.2) is 11.6 Å². The van der Waals surface area contributed by atoms with Crippen molar-refractivity contribution in [1.29, 1.82) is 5.26 Å². The molecule has 23 heavy (non-hydrogen) atoms. The molecule has 0 unspecified atom stereocenters. The van der Waals surface area contributed by atoms with E-state index in [2.05, 4.69) is 0 Å². The van der Waals surface area contributed by atoms with E-state index in [1.807, 2.05) is 6.07 Å². The minimum Gasteiger partial charge on any atom is -0.289 e. The summed E-state index contributed by atoms with van der Waals surface area (Å²) < 4.78 is 13.4. The zero-order chi connectivity index (χ0) is 16.6. The molecule has 0 spiro atoms. The molecule has 0 saturated carbocycles. The molecule has 0 radical (unpaired) electrons. The lowest BCUT2D eigenvalue weighted by Gasteiger charge is -2.19. The molecule has 1 aliphatic carbocycles. The first-order valence-electron chi connectivity index (χ1n) is 7.09. The zero-order valence-electron chi connectivity index (χ0n) is 12.4. The molecule has 0 heterocycles.